The van der Waals surface area contributed by atoms with Crippen LogP contribution in [-0.2, 0) is 25.8 Å². The van der Waals surface area contributed by atoms with Gasteiger partial charge in [0.1, 0.15) is 0 Å². The van der Waals surface area contributed by atoms with E-state index in [2.05, 4.69) is 143 Å². The third kappa shape index (κ3) is 7.13. The third-order valence-corrected chi connectivity index (χ3v) is 9.53. The summed E-state index contributed by atoms with van der Waals surface area (Å²) < 4.78 is 0. The van der Waals surface area contributed by atoms with Gasteiger partial charge in [0.25, 0.3) is 0 Å². The molecule has 6 aromatic rings. The van der Waals surface area contributed by atoms with Crippen LogP contribution >= 0.6 is 0 Å². The Labute approximate surface area is 302 Å². The average Bonchev–Trinajstić information content (AvgIpc) is 3.06. The molecule has 47 heavy (non-hydrogen) atoms. The molecule has 242 valence electrons. The molecule has 6 aromatic carbocycles. The first-order valence-corrected chi connectivity index (χ1v) is 16.3. The van der Waals surface area contributed by atoms with E-state index in [1.807, 2.05) is 0 Å². The van der Waals surface area contributed by atoms with Crippen LogP contribution in [0.25, 0.3) is 43.0 Å². The zero-order valence-corrected chi connectivity index (χ0v) is 32.4. The monoisotopic (exact) mass is 783 g/mol. The van der Waals surface area contributed by atoms with E-state index in [4.69, 9.17) is 10.6 Å². The molecular formula is C44H47HfN2-5. The zero-order valence-electron chi connectivity index (χ0n) is 28.8. The van der Waals surface area contributed by atoms with Gasteiger partial charge < -0.3 is 25.5 Å². The van der Waals surface area contributed by atoms with E-state index in [0.29, 0.717) is 11.8 Å². The van der Waals surface area contributed by atoms with Gasteiger partial charge in [-0.05, 0) is 33.4 Å². The molecule has 0 spiro atoms. The SMILES string of the molecule is CC(C)c1cccc(C(C)C)c1[N-]C(c1cc2ccccc2c2ccccc12)C1CCCC(c2[c-]ccc3ccccc23)[N-]1.[CH3-].[CH3-].[Hf]. The van der Waals surface area contributed by atoms with Gasteiger partial charge in [-0.2, -0.15) is 23.8 Å². The molecule has 2 nitrogen and oxygen atoms in total. The van der Waals surface area contributed by atoms with Crippen LogP contribution in [0.4, 0.5) is 5.69 Å². The molecular weight excluding hydrogens is 735 g/mol. The molecule has 1 aliphatic rings. The maximum absolute atomic E-state index is 5.84. The molecule has 0 amide bonds. The minimum Gasteiger partial charge on any atom is -0.679 e. The van der Waals surface area contributed by atoms with Crippen LogP contribution in [0, 0.1) is 20.9 Å². The van der Waals surface area contributed by atoms with Crippen molar-refractivity contribution < 1.29 is 25.8 Å². The van der Waals surface area contributed by atoms with E-state index in [1.54, 1.807) is 0 Å². The smallest absolute Gasteiger partial charge is 0 e. The second-order valence-electron chi connectivity index (χ2n) is 13.0. The standard InChI is InChI=1S/C42H41N2.2CH3.Hf/c1-27(2)31-21-12-22-32(28(3)4)41(31)44-42(38-26-30-15-6-8-18-34(30)35-19-9-10-20-36(35)38)40-25-13-24-39(43-40)37-23-11-16-29-14-5-7-17-33(29)37;;;/h5-12,14-22,26-28,39-40,42H,13,24-25H2,1-4H3;2*1H3;/q-3;2*-1;. The number of para-hydroxylation sites is 1. The first kappa shape index (κ1) is 36.6. The molecule has 3 atom stereocenters. The van der Waals surface area contributed by atoms with Crippen molar-refractivity contribution in [2.75, 3.05) is 0 Å². The minimum absolute atomic E-state index is 0. The number of hydrogen-bond donors (Lipinski definition) is 0. The van der Waals surface area contributed by atoms with Crippen LogP contribution in [-0.4, -0.2) is 6.04 Å². The minimum atomic E-state index is -0.0975. The van der Waals surface area contributed by atoms with E-state index < -0.39 is 0 Å². The first-order chi connectivity index (χ1) is 21.5. The average molecular weight is 782 g/mol. The Balaban J connectivity index is 0.00000167. The van der Waals surface area contributed by atoms with Crippen molar-refractivity contribution in [3.8, 4) is 0 Å². The molecule has 0 radical (unpaired) electrons. The first-order valence-electron chi connectivity index (χ1n) is 16.3. The van der Waals surface area contributed by atoms with Gasteiger partial charge in [-0.15, -0.1) is 40.7 Å². The molecule has 1 fully saturated rings. The molecule has 3 unspecified atom stereocenters. The van der Waals surface area contributed by atoms with Gasteiger partial charge in [0.05, 0.1) is 0 Å². The molecule has 0 aliphatic carbocycles. The van der Waals surface area contributed by atoms with E-state index >= 15 is 0 Å². The van der Waals surface area contributed by atoms with Crippen molar-refractivity contribution in [3.05, 3.63) is 163 Å². The predicted molar refractivity (Wildman–Crippen MR) is 201 cm³/mol. The topological polar surface area (TPSA) is 28.2 Å². The zero-order chi connectivity index (χ0) is 30.2. The van der Waals surface area contributed by atoms with Gasteiger partial charge in [0.2, 0.25) is 0 Å². The van der Waals surface area contributed by atoms with E-state index in [-0.39, 0.29) is 58.8 Å². The Morgan fingerprint density at radius 3 is 1.91 bits per heavy atom. The van der Waals surface area contributed by atoms with Crippen LogP contribution < -0.4 is 0 Å². The summed E-state index contributed by atoms with van der Waals surface area (Å²) in [4.78, 5) is 0. The van der Waals surface area contributed by atoms with Gasteiger partial charge in [0, 0.05) is 25.8 Å². The van der Waals surface area contributed by atoms with E-state index in [9.17, 15) is 0 Å². The summed E-state index contributed by atoms with van der Waals surface area (Å²) in [6.07, 6.45) is 3.19. The fourth-order valence-corrected chi connectivity index (χ4v) is 7.31. The van der Waals surface area contributed by atoms with Gasteiger partial charge in [0.15, 0.2) is 0 Å². The van der Waals surface area contributed by atoms with Crippen LogP contribution in [0.1, 0.15) is 93.1 Å². The number of rotatable bonds is 7. The predicted octanol–water partition coefficient (Wildman–Crippen LogP) is 13.5. The quantitative estimate of drug-likeness (QED) is 0.0877. The maximum Gasteiger partial charge on any atom is 0 e. The number of piperidine rings is 1. The summed E-state index contributed by atoms with van der Waals surface area (Å²) in [7, 11) is 0. The number of hydrogen-bond acceptors (Lipinski definition) is 0. The molecule has 1 heterocycles. The summed E-state index contributed by atoms with van der Waals surface area (Å²) in [5, 5.41) is 19.2. The van der Waals surface area contributed by atoms with Crippen LogP contribution in [0.3, 0.4) is 0 Å². The summed E-state index contributed by atoms with van der Waals surface area (Å²) in [6.45, 7) is 9.15. The molecule has 0 bridgehead atoms. The summed E-state index contributed by atoms with van der Waals surface area (Å²) in [6, 6.07) is 43.4. The van der Waals surface area contributed by atoms with Crippen molar-refractivity contribution in [1.82, 2.24) is 0 Å². The van der Waals surface area contributed by atoms with Crippen molar-refractivity contribution in [3.63, 3.8) is 0 Å². The normalized spacial score (nSPS) is 16.8. The van der Waals surface area contributed by atoms with Crippen LogP contribution in [0.2, 0.25) is 0 Å². The number of benzene rings is 6. The molecule has 1 saturated heterocycles. The number of fused-ring (bicyclic) bond motifs is 4. The summed E-state index contributed by atoms with van der Waals surface area (Å²) >= 11 is 0. The molecule has 7 rings (SSSR count). The molecule has 0 N–H and O–H groups in total. The third-order valence-electron chi connectivity index (χ3n) is 9.53. The Morgan fingerprint density at radius 1 is 0.638 bits per heavy atom. The van der Waals surface area contributed by atoms with Gasteiger partial charge >= 0.3 is 0 Å². The fourth-order valence-electron chi connectivity index (χ4n) is 7.31. The molecule has 3 heteroatoms. The Kier molecular flexibility index (Phi) is 12.3. The van der Waals surface area contributed by atoms with Gasteiger partial charge in [-0.3, -0.25) is 0 Å². The summed E-state index contributed by atoms with van der Waals surface area (Å²) in [5.74, 6) is 0.755. The van der Waals surface area contributed by atoms with Crippen molar-refractivity contribution in [1.29, 1.82) is 0 Å². The Bertz CT molecular complexity index is 1910. The fraction of sp³-hybridized carbons (Fsp3) is 0.273. The van der Waals surface area contributed by atoms with Gasteiger partial charge in [-0.25, -0.2) is 0 Å². The van der Waals surface area contributed by atoms with Crippen molar-refractivity contribution in [2.45, 2.75) is 76.9 Å². The van der Waals surface area contributed by atoms with Gasteiger partial charge in [-0.1, -0.05) is 155 Å². The summed E-state index contributed by atoms with van der Waals surface area (Å²) in [5.41, 5.74) is 6.31. The molecule has 1 aliphatic heterocycles. The van der Waals surface area contributed by atoms with Crippen molar-refractivity contribution >= 4 is 38.0 Å². The second kappa shape index (κ2) is 15.8. The van der Waals surface area contributed by atoms with Crippen molar-refractivity contribution in [2.24, 2.45) is 0 Å². The number of nitrogens with zero attached hydrogens (tertiary/aromatic N) is 2. The Morgan fingerprint density at radius 2 is 1.23 bits per heavy atom. The van der Waals surface area contributed by atoms with Crippen LogP contribution in [0.15, 0.2) is 109 Å². The molecule has 0 saturated carbocycles. The Hall–Kier alpha value is -3.27. The maximum atomic E-state index is 5.84. The second-order valence-corrected chi connectivity index (χ2v) is 13.0. The molecule has 0 aromatic heterocycles. The van der Waals surface area contributed by atoms with E-state index in [1.165, 1.54) is 54.6 Å². The van der Waals surface area contributed by atoms with E-state index in [0.717, 1.165) is 24.9 Å². The largest absolute Gasteiger partial charge is 0.679 e. The van der Waals surface area contributed by atoms with Crippen LogP contribution in [0.5, 0.6) is 0 Å².